The highest BCUT2D eigenvalue weighted by molar-refractivity contribution is 5.97. The Bertz CT molecular complexity index is 1440. The maximum atomic E-state index is 15.3. The molecule has 2 N–H and O–H groups in total. The van der Waals surface area contributed by atoms with E-state index < -0.39 is 0 Å². The number of aryl methyl sites for hydroxylation is 1. The SMILES string of the molecule is CNCc1cc(C)c(-c2cc3c(-c4cccc(N5CC[C@H](N(C)C)C5)n4)n[nH]c3cc2C#N)c(F)c1. The fourth-order valence-electron chi connectivity index (χ4n) is 5.12. The quantitative estimate of drug-likeness (QED) is 0.421. The number of pyridine rings is 1. The summed E-state index contributed by atoms with van der Waals surface area (Å²) in [5.41, 5.74) is 5.18. The molecule has 184 valence electrons. The lowest BCUT2D eigenvalue weighted by Gasteiger charge is -2.21. The van der Waals surface area contributed by atoms with Crippen LogP contribution in [0, 0.1) is 24.1 Å². The van der Waals surface area contributed by atoms with Crippen molar-refractivity contribution in [2.24, 2.45) is 0 Å². The molecule has 0 radical (unpaired) electrons. The molecule has 0 aliphatic carbocycles. The van der Waals surface area contributed by atoms with Gasteiger partial charge in [-0.25, -0.2) is 9.37 Å². The molecule has 1 atom stereocenters. The summed E-state index contributed by atoms with van der Waals surface area (Å²) in [6, 6.07) is 15.8. The van der Waals surface area contributed by atoms with Gasteiger partial charge in [0.05, 0.1) is 22.8 Å². The number of aromatic nitrogens is 3. The van der Waals surface area contributed by atoms with E-state index in [1.807, 2.05) is 44.3 Å². The fourth-order valence-corrected chi connectivity index (χ4v) is 5.12. The first-order chi connectivity index (χ1) is 17.4. The molecule has 1 saturated heterocycles. The van der Waals surface area contributed by atoms with Gasteiger partial charge in [0.1, 0.15) is 17.3 Å². The van der Waals surface area contributed by atoms with E-state index in [4.69, 9.17) is 4.98 Å². The highest BCUT2D eigenvalue weighted by Crippen LogP contribution is 2.36. The summed E-state index contributed by atoms with van der Waals surface area (Å²) in [5.74, 6) is 0.578. The molecule has 2 aromatic heterocycles. The smallest absolute Gasteiger partial charge is 0.131 e. The van der Waals surface area contributed by atoms with Gasteiger partial charge in [0, 0.05) is 42.2 Å². The van der Waals surface area contributed by atoms with Crippen LogP contribution in [0.5, 0.6) is 0 Å². The lowest BCUT2D eigenvalue weighted by molar-refractivity contribution is 0.315. The van der Waals surface area contributed by atoms with Gasteiger partial charge >= 0.3 is 0 Å². The maximum Gasteiger partial charge on any atom is 0.131 e. The third kappa shape index (κ3) is 4.32. The van der Waals surface area contributed by atoms with E-state index in [9.17, 15) is 5.26 Å². The summed E-state index contributed by atoms with van der Waals surface area (Å²) >= 11 is 0. The number of anilines is 1. The molecular formula is C28H30FN7. The lowest BCUT2D eigenvalue weighted by Crippen LogP contribution is -2.31. The van der Waals surface area contributed by atoms with E-state index in [1.54, 1.807) is 6.07 Å². The fraction of sp³-hybridized carbons (Fsp3) is 0.321. The molecule has 0 amide bonds. The van der Waals surface area contributed by atoms with Crippen molar-refractivity contribution in [1.29, 1.82) is 5.26 Å². The van der Waals surface area contributed by atoms with Crippen molar-refractivity contribution in [3.8, 4) is 28.6 Å². The number of nitriles is 1. The van der Waals surface area contributed by atoms with Crippen LogP contribution in [0.2, 0.25) is 0 Å². The predicted octanol–water partition coefficient (Wildman–Crippen LogP) is 4.47. The Labute approximate surface area is 210 Å². The lowest BCUT2D eigenvalue weighted by atomic mass is 9.92. The van der Waals surface area contributed by atoms with Gasteiger partial charge in [-0.3, -0.25) is 5.10 Å². The first-order valence-electron chi connectivity index (χ1n) is 12.1. The highest BCUT2D eigenvalue weighted by Gasteiger charge is 2.25. The normalized spacial score (nSPS) is 15.7. The van der Waals surface area contributed by atoms with E-state index in [-0.39, 0.29) is 5.82 Å². The minimum atomic E-state index is -0.342. The Morgan fingerprint density at radius 1 is 1.25 bits per heavy atom. The first kappa shape index (κ1) is 23.9. The molecule has 8 heteroatoms. The topological polar surface area (TPSA) is 83.9 Å². The molecule has 0 bridgehead atoms. The number of H-pyrrole nitrogens is 1. The van der Waals surface area contributed by atoms with Crippen LogP contribution >= 0.6 is 0 Å². The van der Waals surface area contributed by atoms with Gasteiger partial charge in [0.25, 0.3) is 0 Å². The summed E-state index contributed by atoms with van der Waals surface area (Å²) in [5, 5.41) is 21.3. The van der Waals surface area contributed by atoms with Gasteiger partial charge in [-0.1, -0.05) is 12.1 Å². The molecular weight excluding hydrogens is 453 g/mol. The molecule has 4 aromatic rings. The minimum absolute atomic E-state index is 0.342. The third-order valence-electron chi connectivity index (χ3n) is 7.01. The van der Waals surface area contributed by atoms with Crippen LogP contribution in [0.3, 0.4) is 0 Å². The number of fused-ring (bicyclic) bond motifs is 1. The number of halogens is 1. The van der Waals surface area contributed by atoms with Crippen LogP contribution in [0.1, 0.15) is 23.1 Å². The molecule has 0 saturated carbocycles. The number of aromatic amines is 1. The van der Waals surface area contributed by atoms with E-state index in [1.165, 1.54) is 6.07 Å². The summed E-state index contributed by atoms with van der Waals surface area (Å²) in [6.45, 7) is 4.34. The summed E-state index contributed by atoms with van der Waals surface area (Å²) in [4.78, 5) is 9.49. The van der Waals surface area contributed by atoms with Gasteiger partial charge in [0.2, 0.25) is 0 Å². The zero-order valence-electron chi connectivity index (χ0n) is 21.1. The van der Waals surface area contributed by atoms with Gasteiger partial charge < -0.3 is 15.1 Å². The second kappa shape index (κ2) is 9.69. The van der Waals surface area contributed by atoms with Gasteiger partial charge in [-0.05, 0) is 75.9 Å². The second-order valence-electron chi connectivity index (χ2n) is 9.66. The largest absolute Gasteiger partial charge is 0.355 e. The van der Waals surface area contributed by atoms with Crippen LogP contribution in [0.4, 0.5) is 10.2 Å². The third-order valence-corrected chi connectivity index (χ3v) is 7.01. The summed E-state index contributed by atoms with van der Waals surface area (Å²) < 4.78 is 15.3. The van der Waals surface area contributed by atoms with Crippen molar-refractivity contribution >= 4 is 16.7 Å². The Balaban J connectivity index is 1.59. The van der Waals surface area contributed by atoms with Gasteiger partial charge in [-0.15, -0.1) is 0 Å². The van der Waals surface area contributed by atoms with Crippen LogP contribution in [0.15, 0.2) is 42.5 Å². The van der Waals surface area contributed by atoms with Gasteiger partial charge in [-0.2, -0.15) is 10.4 Å². The monoisotopic (exact) mass is 483 g/mol. The maximum absolute atomic E-state index is 15.3. The van der Waals surface area contributed by atoms with Crippen LogP contribution in [-0.4, -0.2) is 60.4 Å². The molecule has 3 heterocycles. The van der Waals surface area contributed by atoms with E-state index in [0.29, 0.717) is 35.0 Å². The van der Waals surface area contributed by atoms with Crippen LogP contribution in [0.25, 0.3) is 33.4 Å². The molecule has 5 rings (SSSR count). The Morgan fingerprint density at radius 3 is 2.78 bits per heavy atom. The molecule has 1 aliphatic heterocycles. The van der Waals surface area contributed by atoms with E-state index >= 15 is 4.39 Å². The molecule has 0 unspecified atom stereocenters. The average molecular weight is 484 g/mol. The number of rotatable bonds is 6. The number of hydrogen-bond donors (Lipinski definition) is 2. The highest BCUT2D eigenvalue weighted by atomic mass is 19.1. The number of likely N-dealkylation sites (N-methyl/N-ethyl adjacent to an activating group) is 1. The Hall–Kier alpha value is -3.80. The van der Waals surface area contributed by atoms with Gasteiger partial charge in [0.15, 0.2) is 0 Å². The zero-order chi connectivity index (χ0) is 25.4. The van der Waals surface area contributed by atoms with E-state index in [0.717, 1.165) is 53.1 Å². The average Bonchev–Trinajstić information content (AvgIpc) is 3.51. The zero-order valence-corrected chi connectivity index (χ0v) is 21.1. The first-order valence-corrected chi connectivity index (χ1v) is 12.1. The standard InChI is InChI=1S/C28H30FN7/c1-17-10-18(15-31-2)11-23(29)27(17)21-13-22-25(12-19(21)14-30)33-34-28(22)24-6-5-7-26(32-24)36-9-8-20(16-36)35(3)4/h5-7,10-13,20,31H,8-9,15-16H2,1-4H3,(H,33,34)/t20-/m0/s1. The second-order valence-corrected chi connectivity index (χ2v) is 9.66. The number of nitrogens with one attached hydrogen (secondary N) is 2. The van der Waals surface area contributed by atoms with Crippen molar-refractivity contribution in [1.82, 2.24) is 25.4 Å². The van der Waals surface area contributed by atoms with Crippen LogP contribution in [-0.2, 0) is 6.54 Å². The summed E-state index contributed by atoms with van der Waals surface area (Å²) in [7, 11) is 6.05. The molecule has 1 fully saturated rings. The number of nitrogens with zero attached hydrogens (tertiary/aromatic N) is 5. The molecule has 7 nitrogen and oxygen atoms in total. The van der Waals surface area contributed by atoms with Crippen molar-refractivity contribution in [2.75, 3.05) is 39.1 Å². The number of benzene rings is 2. The molecule has 2 aromatic carbocycles. The number of hydrogen-bond acceptors (Lipinski definition) is 6. The Kier molecular flexibility index (Phi) is 6.44. The van der Waals surface area contributed by atoms with Crippen molar-refractivity contribution in [3.05, 3.63) is 65.0 Å². The molecule has 36 heavy (non-hydrogen) atoms. The van der Waals surface area contributed by atoms with Crippen molar-refractivity contribution in [2.45, 2.75) is 25.9 Å². The van der Waals surface area contributed by atoms with Crippen LogP contribution < -0.4 is 10.2 Å². The minimum Gasteiger partial charge on any atom is -0.355 e. The molecule has 1 aliphatic rings. The van der Waals surface area contributed by atoms with Crippen molar-refractivity contribution in [3.63, 3.8) is 0 Å². The summed E-state index contributed by atoms with van der Waals surface area (Å²) in [6.07, 6.45) is 1.10. The Morgan fingerprint density at radius 2 is 2.08 bits per heavy atom. The predicted molar refractivity (Wildman–Crippen MR) is 141 cm³/mol. The molecule has 0 spiro atoms. The van der Waals surface area contributed by atoms with Crippen molar-refractivity contribution < 1.29 is 4.39 Å². The van der Waals surface area contributed by atoms with E-state index in [2.05, 4.69) is 45.5 Å².